The van der Waals surface area contributed by atoms with Crippen molar-refractivity contribution in [2.24, 2.45) is 0 Å². The number of aliphatic hydroxyl groups is 1. The smallest absolute Gasteiger partial charge is 0.261 e. The molecule has 2 amide bonds. The van der Waals surface area contributed by atoms with Gasteiger partial charge in [-0.05, 0) is 0 Å². The van der Waals surface area contributed by atoms with Gasteiger partial charge < -0.3 is 5.11 Å². The molecule has 1 atom stereocenters. The molecule has 0 saturated carbocycles. The molecule has 1 unspecified atom stereocenters. The molecule has 76 valence electrons. The van der Waals surface area contributed by atoms with Crippen molar-refractivity contribution in [3.8, 4) is 0 Å². The Kier molecular flexibility index (Phi) is 3.98. The molecule has 0 aromatic heterocycles. The van der Waals surface area contributed by atoms with Crippen LogP contribution in [0.1, 0.15) is 6.42 Å². The SMILES string of the molecule is CS(=O)(=O)O.O=C1CC(O)C(=O)N1. The molecule has 0 aromatic carbocycles. The molecule has 0 bridgehead atoms. The van der Waals surface area contributed by atoms with E-state index in [2.05, 4.69) is 0 Å². The summed E-state index contributed by atoms with van der Waals surface area (Å²) >= 11 is 0. The van der Waals surface area contributed by atoms with E-state index in [0.717, 1.165) is 0 Å². The average molecular weight is 211 g/mol. The summed E-state index contributed by atoms with van der Waals surface area (Å²) in [5, 5.41) is 10.5. The summed E-state index contributed by atoms with van der Waals surface area (Å²) in [6.45, 7) is 0. The molecule has 1 aliphatic rings. The summed E-state index contributed by atoms with van der Waals surface area (Å²) in [5.41, 5.74) is 0. The summed E-state index contributed by atoms with van der Waals surface area (Å²) in [4.78, 5) is 20.4. The average Bonchev–Trinajstić information content (AvgIpc) is 2.05. The van der Waals surface area contributed by atoms with Gasteiger partial charge >= 0.3 is 0 Å². The highest BCUT2D eigenvalue weighted by Crippen LogP contribution is 1.98. The normalized spacial score (nSPS) is 21.9. The number of amides is 2. The van der Waals surface area contributed by atoms with Gasteiger partial charge in [0.2, 0.25) is 5.91 Å². The highest BCUT2D eigenvalue weighted by Gasteiger charge is 2.27. The quantitative estimate of drug-likeness (QED) is 0.311. The van der Waals surface area contributed by atoms with Crippen molar-refractivity contribution in [3.63, 3.8) is 0 Å². The van der Waals surface area contributed by atoms with Gasteiger partial charge in [-0.25, -0.2) is 0 Å². The van der Waals surface area contributed by atoms with E-state index in [9.17, 15) is 18.0 Å². The van der Waals surface area contributed by atoms with E-state index >= 15 is 0 Å². The maximum atomic E-state index is 10.2. The summed E-state index contributed by atoms with van der Waals surface area (Å²) < 4.78 is 25.9. The molecule has 0 aliphatic carbocycles. The van der Waals surface area contributed by atoms with Gasteiger partial charge in [0.25, 0.3) is 16.0 Å². The van der Waals surface area contributed by atoms with Gasteiger partial charge in [0.15, 0.2) is 0 Å². The summed E-state index contributed by atoms with van der Waals surface area (Å²) in [6.07, 6.45) is -0.478. The maximum absolute atomic E-state index is 10.2. The van der Waals surface area contributed by atoms with Crippen LogP contribution in [0.2, 0.25) is 0 Å². The van der Waals surface area contributed by atoms with Crippen LogP contribution in [0.4, 0.5) is 0 Å². The largest absolute Gasteiger partial charge is 0.383 e. The highest BCUT2D eigenvalue weighted by molar-refractivity contribution is 7.85. The second-order valence-electron chi connectivity index (χ2n) is 2.37. The van der Waals surface area contributed by atoms with Crippen molar-refractivity contribution in [1.82, 2.24) is 5.32 Å². The zero-order valence-electron chi connectivity index (χ0n) is 6.72. The Balaban J connectivity index is 0.000000252. The van der Waals surface area contributed by atoms with Crippen molar-refractivity contribution in [3.05, 3.63) is 0 Å². The molecular weight excluding hydrogens is 202 g/mol. The topological polar surface area (TPSA) is 121 Å². The number of hydrogen-bond donors (Lipinski definition) is 3. The second-order valence-corrected chi connectivity index (χ2v) is 3.83. The van der Waals surface area contributed by atoms with Gasteiger partial charge in [-0.2, -0.15) is 8.42 Å². The third kappa shape index (κ3) is 7.37. The van der Waals surface area contributed by atoms with E-state index in [4.69, 9.17) is 9.66 Å². The van der Waals surface area contributed by atoms with Crippen molar-refractivity contribution in [2.75, 3.05) is 6.26 Å². The minimum absolute atomic E-state index is 0.0845. The highest BCUT2D eigenvalue weighted by atomic mass is 32.2. The lowest BCUT2D eigenvalue weighted by Crippen LogP contribution is -2.24. The van der Waals surface area contributed by atoms with Crippen LogP contribution >= 0.6 is 0 Å². The third-order valence-electron chi connectivity index (χ3n) is 0.944. The van der Waals surface area contributed by atoms with Gasteiger partial charge in [-0.1, -0.05) is 0 Å². The number of nitrogens with one attached hydrogen (secondary N) is 1. The van der Waals surface area contributed by atoms with Crippen LogP contribution in [0, 0.1) is 0 Å². The molecule has 0 radical (unpaired) electrons. The van der Waals surface area contributed by atoms with E-state index < -0.39 is 28.0 Å². The molecule has 1 rings (SSSR count). The molecule has 8 heteroatoms. The van der Waals surface area contributed by atoms with Crippen molar-refractivity contribution in [2.45, 2.75) is 12.5 Å². The Morgan fingerprint density at radius 3 is 1.92 bits per heavy atom. The van der Waals surface area contributed by atoms with Crippen molar-refractivity contribution in [1.29, 1.82) is 0 Å². The van der Waals surface area contributed by atoms with Crippen LogP contribution in [-0.2, 0) is 19.7 Å². The minimum Gasteiger partial charge on any atom is -0.383 e. The number of aliphatic hydroxyl groups excluding tert-OH is 1. The van der Waals surface area contributed by atoms with Crippen LogP contribution in [0.15, 0.2) is 0 Å². The molecule has 3 N–H and O–H groups in total. The maximum Gasteiger partial charge on any atom is 0.261 e. The third-order valence-corrected chi connectivity index (χ3v) is 0.944. The van der Waals surface area contributed by atoms with Crippen molar-refractivity contribution < 1.29 is 27.7 Å². The first kappa shape index (κ1) is 12.0. The van der Waals surface area contributed by atoms with E-state index in [1.807, 2.05) is 5.32 Å². The standard InChI is InChI=1S/C4H5NO3.CH4O3S/c6-2-1-3(7)5-4(2)8;1-5(2,3)4/h2,6H,1H2,(H,5,7,8);1H3,(H,2,3,4). The number of rotatable bonds is 0. The molecule has 7 nitrogen and oxygen atoms in total. The van der Waals surface area contributed by atoms with Crippen LogP contribution in [0.3, 0.4) is 0 Å². The Morgan fingerprint density at radius 1 is 1.46 bits per heavy atom. The Labute approximate surface area is 74.5 Å². The fourth-order valence-corrected chi connectivity index (χ4v) is 0.540. The van der Waals surface area contributed by atoms with E-state index in [1.54, 1.807) is 0 Å². The van der Waals surface area contributed by atoms with E-state index in [-0.39, 0.29) is 6.42 Å². The van der Waals surface area contributed by atoms with Gasteiger partial charge in [-0.15, -0.1) is 0 Å². The molecule has 1 fully saturated rings. The Hall–Kier alpha value is -0.990. The summed E-state index contributed by atoms with van der Waals surface area (Å²) in [7, 11) is -3.67. The van der Waals surface area contributed by atoms with Crippen LogP contribution in [-0.4, -0.2) is 42.3 Å². The molecule has 1 heterocycles. The summed E-state index contributed by atoms with van der Waals surface area (Å²) in [5.74, 6) is -0.988. The monoisotopic (exact) mass is 211 g/mol. The zero-order chi connectivity index (χ0) is 10.6. The predicted molar refractivity (Wildman–Crippen MR) is 41.2 cm³/mol. The van der Waals surface area contributed by atoms with E-state index in [1.165, 1.54) is 0 Å². The fraction of sp³-hybridized carbons (Fsp3) is 0.600. The van der Waals surface area contributed by atoms with Gasteiger partial charge in [0.1, 0.15) is 6.10 Å². The zero-order valence-corrected chi connectivity index (χ0v) is 7.54. The first-order valence-electron chi connectivity index (χ1n) is 3.14. The fourth-order valence-electron chi connectivity index (χ4n) is 0.540. The van der Waals surface area contributed by atoms with Crippen LogP contribution in [0.25, 0.3) is 0 Å². The molecular formula is C5H9NO6S. The lowest BCUT2D eigenvalue weighted by molar-refractivity contribution is -0.127. The lowest BCUT2D eigenvalue weighted by atomic mass is 10.3. The van der Waals surface area contributed by atoms with E-state index in [0.29, 0.717) is 6.26 Å². The predicted octanol–water partition coefficient (Wildman–Crippen LogP) is -2.10. The van der Waals surface area contributed by atoms with Gasteiger partial charge in [0, 0.05) is 0 Å². The molecule has 0 spiro atoms. The van der Waals surface area contributed by atoms with Gasteiger partial charge in [-0.3, -0.25) is 19.5 Å². The lowest BCUT2D eigenvalue weighted by Gasteiger charge is -1.88. The molecule has 0 aromatic rings. The first-order valence-corrected chi connectivity index (χ1v) is 4.99. The number of imide groups is 1. The molecule has 13 heavy (non-hydrogen) atoms. The Morgan fingerprint density at radius 2 is 1.85 bits per heavy atom. The number of carbonyl (C=O) groups is 2. The van der Waals surface area contributed by atoms with Crippen molar-refractivity contribution >= 4 is 21.9 Å². The Bertz CT molecular complexity index is 299. The first-order chi connectivity index (χ1) is 5.70. The van der Waals surface area contributed by atoms with Crippen LogP contribution < -0.4 is 5.32 Å². The number of carbonyl (C=O) groups excluding carboxylic acids is 2. The van der Waals surface area contributed by atoms with Crippen LogP contribution in [0.5, 0.6) is 0 Å². The molecule has 1 saturated heterocycles. The minimum atomic E-state index is -3.67. The number of hydrogen-bond acceptors (Lipinski definition) is 5. The second kappa shape index (κ2) is 4.30. The van der Waals surface area contributed by atoms with Gasteiger partial charge in [0.05, 0.1) is 12.7 Å². The summed E-state index contributed by atoms with van der Waals surface area (Å²) in [6, 6.07) is 0. The molecule has 1 aliphatic heterocycles.